The van der Waals surface area contributed by atoms with E-state index in [9.17, 15) is 5.11 Å². The van der Waals surface area contributed by atoms with E-state index < -0.39 is 0 Å². The largest absolute Gasteiger partial charge is 0.394 e. The van der Waals surface area contributed by atoms with E-state index in [4.69, 9.17) is 5.73 Å². The van der Waals surface area contributed by atoms with Crippen LogP contribution in [0.1, 0.15) is 54.7 Å². The molecule has 1 aliphatic carbocycles. The molecule has 0 bridgehead atoms. The van der Waals surface area contributed by atoms with Gasteiger partial charge < -0.3 is 10.8 Å². The average Bonchev–Trinajstić information content (AvgIpc) is 3.06. The van der Waals surface area contributed by atoms with Gasteiger partial charge in [0.25, 0.3) is 0 Å². The van der Waals surface area contributed by atoms with Crippen LogP contribution in [0.15, 0.2) is 54.6 Å². The van der Waals surface area contributed by atoms with Crippen molar-refractivity contribution in [1.82, 2.24) is 0 Å². The summed E-state index contributed by atoms with van der Waals surface area (Å²) in [5, 5.41) is 9.40. The van der Waals surface area contributed by atoms with Gasteiger partial charge in [-0.2, -0.15) is 0 Å². The zero-order valence-electron chi connectivity index (χ0n) is 14.7. The van der Waals surface area contributed by atoms with Crippen molar-refractivity contribution in [1.29, 1.82) is 0 Å². The molecule has 2 atom stereocenters. The van der Waals surface area contributed by atoms with E-state index in [0.29, 0.717) is 5.92 Å². The van der Waals surface area contributed by atoms with Gasteiger partial charge in [-0.15, -0.1) is 0 Å². The lowest BCUT2D eigenvalue weighted by Crippen LogP contribution is -2.40. The quantitative estimate of drug-likeness (QED) is 0.641. The van der Waals surface area contributed by atoms with Crippen LogP contribution < -0.4 is 5.73 Å². The Morgan fingerprint density at radius 1 is 1.08 bits per heavy atom. The van der Waals surface area contributed by atoms with Gasteiger partial charge in [-0.1, -0.05) is 54.3 Å². The first-order valence-electron chi connectivity index (χ1n) is 9.21. The minimum Gasteiger partial charge on any atom is -0.394 e. The Balaban J connectivity index is 1.48. The molecule has 0 unspecified atom stereocenters. The molecular weight excluding hydrogens is 306 g/mol. The topological polar surface area (TPSA) is 46.2 Å². The van der Waals surface area contributed by atoms with Crippen molar-refractivity contribution >= 4 is 0 Å². The van der Waals surface area contributed by atoms with Gasteiger partial charge in [0.2, 0.25) is 0 Å². The van der Waals surface area contributed by atoms with Gasteiger partial charge in [0, 0.05) is 17.5 Å². The molecule has 2 nitrogen and oxygen atoms in total. The molecule has 0 saturated heterocycles. The number of hydrogen-bond acceptors (Lipinski definition) is 2. The van der Waals surface area contributed by atoms with Crippen LogP contribution >= 0.6 is 0 Å². The van der Waals surface area contributed by atoms with Crippen LogP contribution in [0.2, 0.25) is 0 Å². The lowest BCUT2D eigenvalue weighted by atomic mass is 9.93. The maximum atomic E-state index is 9.40. The molecule has 2 aromatic rings. The fourth-order valence-electron chi connectivity index (χ4n) is 3.61. The normalized spacial score (nSPS) is 22.4. The monoisotopic (exact) mass is 333 g/mol. The highest BCUT2D eigenvalue weighted by Gasteiger charge is 2.35. The molecule has 2 aromatic carbocycles. The second-order valence-electron chi connectivity index (χ2n) is 7.22. The summed E-state index contributed by atoms with van der Waals surface area (Å²) in [7, 11) is 0. The van der Waals surface area contributed by atoms with Gasteiger partial charge in [-0.3, -0.25) is 0 Å². The number of aliphatic hydroxyl groups excluding tert-OH is 1. The minimum atomic E-state index is -0.387. The summed E-state index contributed by atoms with van der Waals surface area (Å²) in [5.74, 6) is 7.00. The standard InChI is InChI=1S/C23H27NO/c24-23(18-25)16-15-22(17-23)21-13-11-20(12-14-21)10-6-2-5-9-19-7-3-1-4-8-19/h1,3-4,7-8,11-14,22,25H,2,5,9,15-18,24H2/t22-,23-/m1/s1. The SMILES string of the molecule is N[C@]1(CO)CC[C@@H](c2ccc(C#CCCCc3ccccc3)cc2)C1. The van der Waals surface area contributed by atoms with E-state index in [0.717, 1.165) is 44.1 Å². The maximum Gasteiger partial charge on any atom is 0.0611 e. The number of nitrogens with two attached hydrogens (primary N) is 1. The first-order valence-corrected chi connectivity index (χ1v) is 9.21. The zero-order chi connectivity index (χ0) is 17.5. The van der Waals surface area contributed by atoms with Gasteiger partial charge in [0.15, 0.2) is 0 Å². The highest BCUT2D eigenvalue weighted by atomic mass is 16.3. The first-order chi connectivity index (χ1) is 12.2. The summed E-state index contributed by atoms with van der Waals surface area (Å²) in [5.41, 5.74) is 9.56. The van der Waals surface area contributed by atoms with Crippen LogP contribution in [0, 0.1) is 11.8 Å². The van der Waals surface area contributed by atoms with Crippen LogP contribution in [0.25, 0.3) is 0 Å². The Hall–Kier alpha value is -2.08. The molecule has 1 saturated carbocycles. The Bertz CT molecular complexity index is 726. The Kier molecular flexibility index (Phi) is 5.91. The van der Waals surface area contributed by atoms with Crippen molar-refractivity contribution < 1.29 is 5.11 Å². The fourth-order valence-corrected chi connectivity index (χ4v) is 3.61. The number of benzene rings is 2. The Morgan fingerprint density at radius 3 is 2.52 bits per heavy atom. The van der Waals surface area contributed by atoms with Crippen molar-refractivity contribution in [3.05, 3.63) is 71.3 Å². The van der Waals surface area contributed by atoms with E-state index in [1.54, 1.807) is 0 Å². The van der Waals surface area contributed by atoms with Crippen LogP contribution in [-0.4, -0.2) is 17.3 Å². The highest BCUT2D eigenvalue weighted by Crippen LogP contribution is 2.39. The van der Waals surface area contributed by atoms with E-state index in [1.807, 2.05) is 0 Å². The van der Waals surface area contributed by atoms with E-state index in [2.05, 4.69) is 66.4 Å². The summed E-state index contributed by atoms with van der Waals surface area (Å²) < 4.78 is 0. The van der Waals surface area contributed by atoms with E-state index in [1.165, 1.54) is 11.1 Å². The summed E-state index contributed by atoms with van der Waals surface area (Å²) in [4.78, 5) is 0. The second kappa shape index (κ2) is 8.34. The molecule has 3 rings (SSSR count). The predicted molar refractivity (Wildman–Crippen MR) is 103 cm³/mol. The molecule has 25 heavy (non-hydrogen) atoms. The third kappa shape index (κ3) is 4.95. The molecule has 0 aliphatic heterocycles. The van der Waals surface area contributed by atoms with Crippen LogP contribution in [-0.2, 0) is 6.42 Å². The van der Waals surface area contributed by atoms with E-state index in [-0.39, 0.29) is 12.1 Å². The smallest absolute Gasteiger partial charge is 0.0611 e. The first kappa shape index (κ1) is 17.7. The molecule has 1 aliphatic rings. The fraction of sp³-hybridized carbons (Fsp3) is 0.391. The molecule has 0 heterocycles. The van der Waals surface area contributed by atoms with Gasteiger partial charge >= 0.3 is 0 Å². The lowest BCUT2D eigenvalue weighted by molar-refractivity contribution is 0.198. The van der Waals surface area contributed by atoms with Crippen molar-refractivity contribution in [2.45, 2.75) is 50.0 Å². The molecule has 0 radical (unpaired) electrons. The van der Waals surface area contributed by atoms with Crippen molar-refractivity contribution in [3.63, 3.8) is 0 Å². The number of aliphatic hydroxyl groups is 1. The molecule has 0 aromatic heterocycles. The number of aryl methyl sites for hydroxylation is 1. The number of hydrogen-bond donors (Lipinski definition) is 2. The molecule has 130 valence electrons. The Morgan fingerprint density at radius 2 is 1.84 bits per heavy atom. The van der Waals surface area contributed by atoms with E-state index >= 15 is 0 Å². The van der Waals surface area contributed by atoms with Crippen LogP contribution in [0.4, 0.5) is 0 Å². The average molecular weight is 333 g/mol. The molecule has 3 N–H and O–H groups in total. The molecule has 0 spiro atoms. The van der Waals surface area contributed by atoms with Crippen LogP contribution in [0.3, 0.4) is 0 Å². The third-order valence-electron chi connectivity index (χ3n) is 5.18. The van der Waals surface area contributed by atoms with Crippen molar-refractivity contribution in [2.24, 2.45) is 5.73 Å². The van der Waals surface area contributed by atoms with Gasteiger partial charge in [-0.05, 0) is 61.3 Å². The molecule has 2 heteroatoms. The van der Waals surface area contributed by atoms with Gasteiger partial charge in [0.05, 0.1) is 6.61 Å². The number of rotatable bonds is 5. The summed E-state index contributed by atoms with van der Waals surface area (Å²) in [6.07, 6.45) is 5.93. The highest BCUT2D eigenvalue weighted by molar-refractivity contribution is 5.37. The maximum absolute atomic E-state index is 9.40. The van der Waals surface area contributed by atoms with Crippen molar-refractivity contribution in [3.8, 4) is 11.8 Å². The minimum absolute atomic E-state index is 0.0794. The summed E-state index contributed by atoms with van der Waals surface area (Å²) >= 11 is 0. The summed E-state index contributed by atoms with van der Waals surface area (Å²) in [6, 6.07) is 19.1. The lowest BCUT2D eigenvalue weighted by Gasteiger charge is -2.20. The molecular formula is C23H27NO. The van der Waals surface area contributed by atoms with Gasteiger partial charge in [-0.25, -0.2) is 0 Å². The Labute approximate surface area is 151 Å². The summed E-state index contributed by atoms with van der Waals surface area (Å²) in [6.45, 7) is 0.0794. The van der Waals surface area contributed by atoms with Crippen molar-refractivity contribution in [2.75, 3.05) is 6.61 Å². The number of unbranched alkanes of at least 4 members (excludes halogenated alkanes) is 1. The second-order valence-corrected chi connectivity index (χ2v) is 7.22. The van der Waals surface area contributed by atoms with Crippen LogP contribution in [0.5, 0.6) is 0 Å². The van der Waals surface area contributed by atoms with Gasteiger partial charge in [0.1, 0.15) is 0 Å². The predicted octanol–water partition coefficient (Wildman–Crippen LogP) is 4.02. The zero-order valence-corrected chi connectivity index (χ0v) is 14.7. The molecule has 1 fully saturated rings. The third-order valence-corrected chi connectivity index (χ3v) is 5.18. The molecule has 0 amide bonds.